The van der Waals surface area contributed by atoms with E-state index in [9.17, 15) is 14.4 Å². The average molecular weight is 775 g/mol. The Hall–Kier alpha value is -1.58. The molecule has 3 unspecified atom stereocenters. The summed E-state index contributed by atoms with van der Waals surface area (Å²) < 4.78 is 29.3. The van der Waals surface area contributed by atoms with Crippen LogP contribution in [0.5, 0.6) is 0 Å². The van der Waals surface area contributed by atoms with Crippen molar-refractivity contribution in [3.8, 4) is 0 Å². The van der Waals surface area contributed by atoms with Gasteiger partial charge in [-0.25, -0.2) is 0 Å². The first-order chi connectivity index (χ1) is 25.6. The minimum absolute atomic E-state index is 0.345. The van der Waals surface area contributed by atoms with E-state index in [1.54, 1.807) is 24.3 Å². The molecule has 308 valence electrons. The Balaban J connectivity index is 1.03. The van der Waals surface area contributed by atoms with Crippen molar-refractivity contribution in [1.82, 2.24) is 0 Å². The number of carbonyl (C=O) groups is 3. The Morgan fingerprint density at radius 1 is 0.815 bits per heavy atom. The monoisotopic (exact) mass is 775 g/mol. The van der Waals surface area contributed by atoms with Crippen molar-refractivity contribution in [3.05, 3.63) is 11.6 Å². The van der Waals surface area contributed by atoms with Gasteiger partial charge in [-0.05, 0) is 123 Å². The van der Waals surface area contributed by atoms with Crippen molar-refractivity contribution in [1.29, 1.82) is 0 Å². The molecule has 1 heterocycles. The predicted octanol–water partition coefficient (Wildman–Crippen LogP) is 10.2. The molecule has 5 aliphatic rings. The van der Waals surface area contributed by atoms with Crippen molar-refractivity contribution in [2.24, 2.45) is 46.3 Å². The van der Waals surface area contributed by atoms with E-state index in [2.05, 4.69) is 40.7 Å². The molecule has 0 aromatic heterocycles. The predicted molar refractivity (Wildman–Crippen MR) is 215 cm³/mol. The highest BCUT2D eigenvalue weighted by Gasteiger charge is 2.59. The maximum atomic E-state index is 12.0. The first kappa shape index (κ1) is 43.5. The van der Waals surface area contributed by atoms with E-state index < -0.39 is 47.8 Å². The van der Waals surface area contributed by atoms with Crippen LogP contribution in [0.25, 0.3) is 0 Å². The number of rotatable bonds is 17. The number of thioether (sulfide) groups is 1. The van der Waals surface area contributed by atoms with Crippen LogP contribution in [0.2, 0.25) is 0 Å². The fourth-order valence-corrected chi connectivity index (χ4v) is 13.2. The molecule has 0 aromatic rings. The highest BCUT2D eigenvalue weighted by molar-refractivity contribution is 7.99. The highest BCUT2D eigenvalue weighted by atomic mass is 32.2. The van der Waals surface area contributed by atoms with Crippen molar-refractivity contribution in [3.63, 3.8) is 0 Å². The second kappa shape index (κ2) is 19.2. The van der Waals surface area contributed by atoms with Crippen LogP contribution in [0, 0.1) is 46.3 Å². The lowest BCUT2D eigenvalue weighted by molar-refractivity contribution is -0.229. The van der Waals surface area contributed by atoms with E-state index in [0.717, 1.165) is 80.0 Å². The minimum Gasteiger partial charge on any atom is -0.456 e. The quantitative estimate of drug-likeness (QED) is 0.0619. The number of fused-ring (bicyclic) bond motifs is 5. The molecule has 4 aliphatic carbocycles. The smallest absolute Gasteiger partial charge is 0.303 e. The van der Waals surface area contributed by atoms with Gasteiger partial charge in [-0.15, -0.1) is 11.8 Å². The largest absolute Gasteiger partial charge is 0.456 e. The number of ether oxygens (including phenoxy) is 5. The fourth-order valence-electron chi connectivity index (χ4n) is 11.9. The summed E-state index contributed by atoms with van der Waals surface area (Å²) in [4.78, 5) is 35.7. The van der Waals surface area contributed by atoms with Gasteiger partial charge in [0.2, 0.25) is 0 Å². The zero-order chi connectivity index (χ0) is 39.2. The summed E-state index contributed by atoms with van der Waals surface area (Å²) in [6, 6.07) is 0. The third kappa shape index (κ3) is 10.3. The molecule has 13 atom stereocenters. The van der Waals surface area contributed by atoms with Gasteiger partial charge < -0.3 is 23.7 Å². The molecule has 8 nitrogen and oxygen atoms in total. The van der Waals surface area contributed by atoms with Crippen LogP contribution in [-0.2, 0) is 38.1 Å². The van der Waals surface area contributed by atoms with E-state index in [0.29, 0.717) is 16.9 Å². The summed E-state index contributed by atoms with van der Waals surface area (Å²) in [5.74, 6) is 4.46. The van der Waals surface area contributed by atoms with Gasteiger partial charge in [0.15, 0.2) is 18.3 Å². The second-order valence-electron chi connectivity index (χ2n) is 18.7. The lowest BCUT2D eigenvalue weighted by atomic mass is 9.47. The Labute approximate surface area is 331 Å². The van der Waals surface area contributed by atoms with E-state index in [4.69, 9.17) is 23.7 Å². The van der Waals surface area contributed by atoms with Crippen LogP contribution in [0.4, 0.5) is 0 Å². The molecule has 1 aliphatic heterocycles. The van der Waals surface area contributed by atoms with Gasteiger partial charge in [0.1, 0.15) is 5.44 Å². The maximum Gasteiger partial charge on any atom is 0.303 e. The molecule has 1 saturated heterocycles. The van der Waals surface area contributed by atoms with Gasteiger partial charge in [-0.2, -0.15) is 0 Å². The van der Waals surface area contributed by atoms with Crippen molar-refractivity contribution in [2.45, 2.75) is 195 Å². The van der Waals surface area contributed by atoms with Gasteiger partial charge >= 0.3 is 17.9 Å². The van der Waals surface area contributed by atoms with E-state index in [1.165, 1.54) is 85.0 Å². The Morgan fingerprint density at radius 3 is 2.20 bits per heavy atom. The second-order valence-corrected chi connectivity index (χ2v) is 19.9. The van der Waals surface area contributed by atoms with Gasteiger partial charge in [-0.1, -0.05) is 78.4 Å². The SMILES string of the molecule is CC(=O)O[C@@H]1[C@H](OC(C)=O)[C@H](C)O[C@H](SCCCCCCO[C@H]2CC[C@@]3(C)C(=CCC4C3CC[C@@]3(C)C4CC[C@@H]3[C@H](C)CCCC(C)C)C2)[C@H]1OC(C)=O. The molecular weight excluding hydrogens is 701 g/mol. The fraction of sp³-hybridized carbons (Fsp3) is 0.889. The zero-order valence-electron chi connectivity index (χ0n) is 35.2. The normalized spacial score (nSPS) is 38.1. The number of esters is 3. The standard InChI is InChI=1S/C45H74O8S/c1-28(2)15-14-16-29(3)37-19-20-38-36-18-17-34-27-35(21-23-44(34,8)39(36)22-24-45(37,38)9)49-25-12-10-11-13-26-54-43-42(53-33(7)48)41(52-32(6)47)40(30(4)50-43)51-31(5)46/h17,28-30,35-43H,10-16,18-27H2,1-9H3/t29-,30+,35+,36?,37-,38?,39?,40-,41-,42+,43-,44+,45-/m1/s1. The lowest BCUT2D eigenvalue weighted by Gasteiger charge is -2.58. The molecule has 5 rings (SSSR count). The van der Waals surface area contributed by atoms with E-state index in [-0.39, 0.29) is 0 Å². The molecule has 0 N–H and O–H groups in total. The summed E-state index contributed by atoms with van der Waals surface area (Å²) in [5, 5.41) is 0. The van der Waals surface area contributed by atoms with Crippen LogP contribution in [-0.4, -0.2) is 66.2 Å². The summed E-state index contributed by atoms with van der Waals surface area (Å²) in [5.41, 5.74) is 2.07. The topological polar surface area (TPSA) is 97.4 Å². The van der Waals surface area contributed by atoms with Crippen LogP contribution in [0.15, 0.2) is 11.6 Å². The highest BCUT2D eigenvalue weighted by Crippen LogP contribution is 2.67. The molecule has 0 bridgehead atoms. The number of hydrogen-bond donors (Lipinski definition) is 0. The third-order valence-corrected chi connectivity index (χ3v) is 15.8. The average Bonchev–Trinajstić information content (AvgIpc) is 3.45. The molecule has 0 radical (unpaired) electrons. The summed E-state index contributed by atoms with van der Waals surface area (Å²) in [6.07, 6.45) is 18.8. The van der Waals surface area contributed by atoms with Gasteiger partial charge in [0, 0.05) is 27.4 Å². The lowest BCUT2D eigenvalue weighted by Crippen LogP contribution is -2.59. The maximum absolute atomic E-state index is 12.0. The van der Waals surface area contributed by atoms with Crippen LogP contribution in [0.1, 0.15) is 159 Å². The van der Waals surface area contributed by atoms with E-state index >= 15 is 0 Å². The first-order valence-corrected chi connectivity index (χ1v) is 22.8. The molecule has 9 heteroatoms. The number of unbranched alkanes of at least 4 members (excludes halogenated alkanes) is 3. The molecule has 4 fully saturated rings. The van der Waals surface area contributed by atoms with Crippen LogP contribution in [0.3, 0.4) is 0 Å². The van der Waals surface area contributed by atoms with Gasteiger partial charge in [-0.3, -0.25) is 14.4 Å². The minimum atomic E-state index is -0.936. The molecule has 0 aromatic carbocycles. The molecular formula is C45H74O8S. The Bertz CT molecular complexity index is 1300. The zero-order valence-corrected chi connectivity index (χ0v) is 36.0. The van der Waals surface area contributed by atoms with Crippen molar-refractivity contribution < 1.29 is 38.1 Å². The van der Waals surface area contributed by atoms with Crippen LogP contribution < -0.4 is 0 Å². The first-order valence-electron chi connectivity index (χ1n) is 21.7. The Morgan fingerprint density at radius 2 is 1.50 bits per heavy atom. The van der Waals surface area contributed by atoms with Gasteiger partial charge in [0.25, 0.3) is 0 Å². The molecule has 0 amide bonds. The van der Waals surface area contributed by atoms with Crippen molar-refractivity contribution >= 4 is 29.7 Å². The summed E-state index contributed by atoms with van der Waals surface area (Å²) in [6.45, 7) is 19.1. The third-order valence-electron chi connectivity index (χ3n) is 14.6. The summed E-state index contributed by atoms with van der Waals surface area (Å²) in [7, 11) is 0. The molecule has 54 heavy (non-hydrogen) atoms. The van der Waals surface area contributed by atoms with Crippen molar-refractivity contribution in [2.75, 3.05) is 12.4 Å². The number of hydrogen-bond acceptors (Lipinski definition) is 9. The number of carbonyl (C=O) groups excluding carboxylic acids is 3. The van der Waals surface area contributed by atoms with Gasteiger partial charge in [0.05, 0.1) is 12.2 Å². The molecule has 3 saturated carbocycles. The van der Waals surface area contributed by atoms with E-state index in [1.807, 2.05) is 0 Å². The Kier molecular flexibility index (Phi) is 15.5. The molecule has 0 spiro atoms. The van der Waals surface area contributed by atoms with Crippen LogP contribution >= 0.6 is 11.8 Å². The summed E-state index contributed by atoms with van der Waals surface area (Å²) >= 11 is 1.55. The number of allylic oxidation sites excluding steroid dienone is 1.